The van der Waals surface area contributed by atoms with Crippen LogP contribution in [-0.4, -0.2) is 30.6 Å². The van der Waals surface area contributed by atoms with Crippen molar-refractivity contribution in [1.82, 2.24) is 10.3 Å². The molecule has 2 aromatic carbocycles. The maximum Gasteiger partial charge on any atom is 0.251 e. The van der Waals surface area contributed by atoms with Gasteiger partial charge in [-0.3, -0.25) is 4.79 Å². The molecule has 6 nitrogen and oxygen atoms in total. The number of carbonyl (C=O) groups excluding carboxylic acids is 1. The fourth-order valence-corrected chi connectivity index (χ4v) is 3.88. The first-order valence-corrected chi connectivity index (χ1v) is 11.1. The van der Waals surface area contributed by atoms with E-state index in [1.54, 1.807) is 18.2 Å². The number of hydrogen-bond acceptors (Lipinski definition) is 5. The van der Waals surface area contributed by atoms with E-state index in [4.69, 9.17) is 9.47 Å². The van der Waals surface area contributed by atoms with Gasteiger partial charge < -0.3 is 19.7 Å². The summed E-state index contributed by atoms with van der Waals surface area (Å²) in [6, 6.07) is 17.9. The number of rotatable bonds is 8. The molecule has 2 heterocycles. The Kier molecular flexibility index (Phi) is 6.90. The molecule has 0 saturated carbocycles. The van der Waals surface area contributed by atoms with Crippen LogP contribution >= 0.6 is 0 Å². The molecule has 0 fully saturated rings. The van der Waals surface area contributed by atoms with Crippen molar-refractivity contribution in [1.29, 1.82) is 0 Å². The summed E-state index contributed by atoms with van der Waals surface area (Å²) in [7, 11) is 0. The Bertz CT molecular complexity index is 1070. The van der Waals surface area contributed by atoms with Crippen LogP contribution in [0.1, 0.15) is 40.9 Å². The maximum absolute atomic E-state index is 12.6. The number of nitrogens with one attached hydrogen (secondary N) is 1. The Morgan fingerprint density at radius 1 is 1.00 bits per heavy atom. The van der Waals surface area contributed by atoms with E-state index in [2.05, 4.69) is 39.5 Å². The zero-order valence-corrected chi connectivity index (χ0v) is 18.6. The summed E-state index contributed by atoms with van der Waals surface area (Å²) in [5, 5.41) is 2.96. The fraction of sp³-hybridized carbons (Fsp3) is 0.308. The number of hydrogen-bond donors (Lipinski definition) is 1. The van der Waals surface area contributed by atoms with Gasteiger partial charge in [0.15, 0.2) is 11.5 Å². The molecule has 166 valence electrons. The molecule has 0 radical (unpaired) electrons. The number of benzene rings is 2. The number of nitrogens with zero attached hydrogens (tertiary/aromatic N) is 2. The fourth-order valence-electron chi connectivity index (χ4n) is 3.88. The lowest BCUT2D eigenvalue weighted by molar-refractivity contribution is 0.0950. The van der Waals surface area contributed by atoms with Gasteiger partial charge in [0.2, 0.25) is 0 Å². The van der Waals surface area contributed by atoms with E-state index in [1.165, 1.54) is 11.1 Å². The second-order valence-corrected chi connectivity index (χ2v) is 7.68. The summed E-state index contributed by atoms with van der Waals surface area (Å²) >= 11 is 0. The third kappa shape index (κ3) is 5.02. The maximum atomic E-state index is 12.6. The average Bonchev–Trinajstić information content (AvgIpc) is 2.84. The van der Waals surface area contributed by atoms with Crippen molar-refractivity contribution in [2.45, 2.75) is 33.4 Å². The van der Waals surface area contributed by atoms with Gasteiger partial charge in [0.25, 0.3) is 5.91 Å². The number of aromatic nitrogens is 1. The second-order valence-electron chi connectivity index (χ2n) is 7.68. The molecule has 1 aromatic heterocycles. The van der Waals surface area contributed by atoms with Crippen molar-refractivity contribution in [2.24, 2.45) is 0 Å². The number of ether oxygens (including phenoxy) is 2. The van der Waals surface area contributed by atoms with E-state index >= 15 is 0 Å². The lowest BCUT2D eigenvalue weighted by Gasteiger charge is -2.29. The highest BCUT2D eigenvalue weighted by Gasteiger charge is 2.17. The molecular weight excluding hydrogens is 402 g/mol. The molecule has 6 heteroatoms. The van der Waals surface area contributed by atoms with Crippen molar-refractivity contribution in [2.75, 3.05) is 24.7 Å². The Morgan fingerprint density at radius 2 is 1.78 bits per heavy atom. The first-order valence-electron chi connectivity index (χ1n) is 11.1. The summed E-state index contributed by atoms with van der Waals surface area (Å²) in [4.78, 5) is 19.6. The smallest absolute Gasteiger partial charge is 0.251 e. The minimum atomic E-state index is -0.161. The molecule has 1 amide bonds. The Balaban J connectivity index is 1.36. The summed E-state index contributed by atoms with van der Waals surface area (Å²) in [6.45, 7) is 7.11. The van der Waals surface area contributed by atoms with Gasteiger partial charge in [0.05, 0.1) is 13.2 Å². The van der Waals surface area contributed by atoms with Crippen LogP contribution in [0.15, 0.2) is 60.8 Å². The van der Waals surface area contributed by atoms with E-state index in [0.717, 1.165) is 30.9 Å². The average molecular weight is 432 g/mol. The molecule has 3 aromatic rings. The van der Waals surface area contributed by atoms with Crippen LogP contribution in [-0.2, 0) is 19.5 Å². The molecule has 0 spiro atoms. The Labute approximate surface area is 189 Å². The first-order chi connectivity index (χ1) is 15.7. The molecule has 4 rings (SSSR count). The van der Waals surface area contributed by atoms with E-state index in [9.17, 15) is 4.79 Å². The van der Waals surface area contributed by atoms with Crippen molar-refractivity contribution in [3.8, 4) is 11.5 Å². The zero-order valence-electron chi connectivity index (χ0n) is 18.6. The van der Waals surface area contributed by atoms with Crippen molar-refractivity contribution < 1.29 is 14.3 Å². The number of anilines is 1. The lowest BCUT2D eigenvalue weighted by atomic mass is 10.00. The van der Waals surface area contributed by atoms with Crippen LogP contribution in [0.3, 0.4) is 0 Å². The SMILES string of the molecule is CCOc1ccc(C(=O)NCc2ccc(N3CCc4ccccc4C3)nc2)cc1OCC. The van der Waals surface area contributed by atoms with Gasteiger partial charge in [-0.25, -0.2) is 4.98 Å². The van der Waals surface area contributed by atoms with E-state index in [0.29, 0.717) is 36.8 Å². The topological polar surface area (TPSA) is 63.7 Å². The van der Waals surface area contributed by atoms with Crippen LogP contribution in [0, 0.1) is 0 Å². The number of carbonyl (C=O) groups is 1. The van der Waals surface area contributed by atoms with Gasteiger partial charge in [-0.15, -0.1) is 0 Å². The van der Waals surface area contributed by atoms with Crippen LogP contribution in [0.2, 0.25) is 0 Å². The molecule has 32 heavy (non-hydrogen) atoms. The highest BCUT2D eigenvalue weighted by Crippen LogP contribution is 2.28. The van der Waals surface area contributed by atoms with Gasteiger partial charge in [-0.2, -0.15) is 0 Å². The summed E-state index contributed by atoms with van der Waals surface area (Å²) in [6.07, 6.45) is 2.86. The molecule has 0 atom stereocenters. The van der Waals surface area contributed by atoms with Crippen LogP contribution in [0.5, 0.6) is 11.5 Å². The van der Waals surface area contributed by atoms with Gasteiger partial charge in [0, 0.05) is 31.4 Å². The minimum Gasteiger partial charge on any atom is -0.490 e. The van der Waals surface area contributed by atoms with E-state index < -0.39 is 0 Å². The summed E-state index contributed by atoms with van der Waals surface area (Å²) in [5.41, 5.74) is 4.27. The highest BCUT2D eigenvalue weighted by molar-refractivity contribution is 5.94. The minimum absolute atomic E-state index is 0.161. The summed E-state index contributed by atoms with van der Waals surface area (Å²) in [5.74, 6) is 2.02. The quantitative estimate of drug-likeness (QED) is 0.574. The molecular formula is C26H29N3O3. The largest absolute Gasteiger partial charge is 0.490 e. The highest BCUT2D eigenvalue weighted by atomic mass is 16.5. The lowest BCUT2D eigenvalue weighted by Crippen LogP contribution is -2.31. The molecule has 0 bridgehead atoms. The van der Waals surface area contributed by atoms with Crippen LogP contribution < -0.4 is 19.7 Å². The first kappa shape index (κ1) is 21.7. The van der Waals surface area contributed by atoms with Crippen LogP contribution in [0.25, 0.3) is 0 Å². The predicted octanol–water partition coefficient (Wildman–Crippen LogP) is 4.37. The molecule has 1 aliphatic heterocycles. The number of pyridine rings is 1. The monoisotopic (exact) mass is 431 g/mol. The molecule has 1 N–H and O–H groups in total. The molecule has 1 aliphatic rings. The van der Waals surface area contributed by atoms with Gasteiger partial charge >= 0.3 is 0 Å². The van der Waals surface area contributed by atoms with Gasteiger partial charge in [0.1, 0.15) is 5.82 Å². The van der Waals surface area contributed by atoms with E-state index in [1.807, 2.05) is 32.2 Å². The van der Waals surface area contributed by atoms with E-state index in [-0.39, 0.29) is 5.91 Å². The zero-order chi connectivity index (χ0) is 22.3. The van der Waals surface area contributed by atoms with Crippen molar-refractivity contribution in [3.05, 3.63) is 83.0 Å². The standard InChI is InChI=1S/C26H29N3O3/c1-3-31-23-11-10-21(15-24(23)32-4-2)26(30)28-17-19-9-12-25(27-16-19)29-14-13-20-7-5-6-8-22(20)18-29/h5-12,15-16H,3-4,13-14,17-18H2,1-2H3,(H,28,30). The van der Waals surface area contributed by atoms with Crippen molar-refractivity contribution >= 4 is 11.7 Å². The third-order valence-corrected chi connectivity index (χ3v) is 5.52. The molecule has 0 saturated heterocycles. The normalized spacial score (nSPS) is 12.8. The molecule has 0 unspecified atom stereocenters. The van der Waals surface area contributed by atoms with Crippen molar-refractivity contribution in [3.63, 3.8) is 0 Å². The third-order valence-electron chi connectivity index (χ3n) is 5.52. The summed E-state index contributed by atoms with van der Waals surface area (Å²) < 4.78 is 11.2. The van der Waals surface area contributed by atoms with Crippen LogP contribution in [0.4, 0.5) is 5.82 Å². The second kappa shape index (κ2) is 10.2. The number of amides is 1. The van der Waals surface area contributed by atoms with Gasteiger partial charge in [-0.1, -0.05) is 30.3 Å². The Morgan fingerprint density at radius 3 is 2.53 bits per heavy atom. The predicted molar refractivity (Wildman–Crippen MR) is 125 cm³/mol. The number of fused-ring (bicyclic) bond motifs is 1. The Hall–Kier alpha value is -3.54. The van der Waals surface area contributed by atoms with Gasteiger partial charge in [-0.05, 0) is 61.2 Å². The molecule has 0 aliphatic carbocycles.